The van der Waals surface area contributed by atoms with Crippen LogP contribution >= 0.6 is 0 Å². The second kappa shape index (κ2) is 6.29. The number of anilines is 1. The molecule has 3 heteroatoms. The Morgan fingerprint density at radius 3 is 2.70 bits per heavy atom. The molecule has 1 aromatic rings. The summed E-state index contributed by atoms with van der Waals surface area (Å²) >= 11 is 0. The molecule has 108 valence electrons. The number of benzene rings is 1. The predicted octanol–water partition coefficient (Wildman–Crippen LogP) is 3.28. The second-order valence-corrected chi connectivity index (χ2v) is 6.06. The van der Waals surface area contributed by atoms with Crippen LogP contribution in [0.15, 0.2) is 30.3 Å². The molecule has 20 heavy (non-hydrogen) atoms. The van der Waals surface area contributed by atoms with Crippen molar-refractivity contribution in [1.29, 1.82) is 0 Å². The lowest BCUT2D eigenvalue weighted by Crippen LogP contribution is -2.51. The molecule has 3 rings (SSSR count). The van der Waals surface area contributed by atoms with Crippen LogP contribution < -0.4 is 5.32 Å². The number of nitrogens with one attached hydrogen (secondary N) is 1. The van der Waals surface area contributed by atoms with Crippen LogP contribution in [0.3, 0.4) is 0 Å². The number of piperidine rings is 1. The number of hydrogen-bond acceptors (Lipinski definition) is 2. The largest absolute Gasteiger partial charge is 0.376 e. The Labute approximate surface area is 121 Å². The van der Waals surface area contributed by atoms with Gasteiger partial charge in [-0.25, -0.2) is 0 Å². The first-order chi connectivity index (χ1) is 9.84. The van der Waals surface area contributed by atoms with Crippen molar-refractivity contribution >= 4 is 11.6 Å². The van der Waals surface area contributed by atoms with Gasteiger partial charge in [-0.1, -0.05) is 31.0 Å². The van der Waals surface area contributed by atoms with Gasteiger partial charge < -0.3 is 10.2 Å². The number of nitrogens with zero attached hydrogens (tertiary/aromatic N) is 1. The lowest BCUT2D eigenvalue weighted by atomic mass is 9.78. The van der Waals surface area contributed by atoms with Gasteiger partial charge in [0.15, 0.2) is 0 Å². The third kappa shape index (κ3) is 2.97. The molecule has 2 fully saturated rings. The third-order valence-electron chi connectivity index (χ3n) is 4.78. The number of para-hydroxylation sites is 1. The van der Waals surface area contributed by atoms with Crippen LogP contribution in [0.25, 0.3) is 0 Å². The molecule has 1 aliphatic heterocycles. The number of carbonyl (C=O) groups is 1. The van der Waals surface area contributed by atoms with Gasteiger partial charge in [-0.15, -0.1) is 0 Å². The van der Waals surface area contributed by atoms with Crippen molar-refractivity contribution in [2.45, 2.75) is 44.6 Å². The number of fused-ring (bicyclic) bond motifs is 1. The molecule has 1 aromatic carbocycles. The molecule has 2 aliphatic rings. The summed E-state index contributed by atoms with van der Waals surface area (Å²) in [5.74, 6) is 1.03. The van der Waals surface area contributed by atoms with E-state index in [0.717, 1.165) is 18.2 Å². The summed E-state index contributed by atoms with van der Waals surface area (Å²) in [5, 5.41) is 3.25. The summed E-state index contributed by atoms with van der Waals surface area (Å²) in [5.41, 5.74) is 1.03. The van der Waals surface area contributed by atoms with Crippen LogP contribution in [-0.4, -0.2) is 29.9 Å². The molecule has 1 saturated carbocycles. The van der Waals surface area contributed by atoms with E-state index < -0.39 is 0 Å². The molecule has 0 spiro atoms. The van der Waals surface area contributed by atoms with Crippen LogP contribution in [0.2, 0.25) is 0 Å². The van der Waals surface area contributed by atoms with Gasteiger partial charge in [0, 0.05) is 18.3 Å². The van der Waals surface area contributed by atoms with E-state index in [2.05, 4.69) is 10.2 Å². The van der Waals surface area contributed by atoms with Crippen molar-refractivity contribution < 1.29 is 4.79 Å². The molecule has 1 heterocycles. The number of amides is 1. The molecule has 1 N–H and O–H groups in total. The molecule has 1 saturated heterocycles. The molecule has 0 bridgehead atoms. The number of likely N-dealkylation sites (tertiary alicyclic amines) is 1. The first kappa shape index (κ1) is 13.5. The van der Waals surface area contributed by atoms with E-state index in [9.17, 15) is 4.79 Å². The predicted molar refractivity (Wildman–Crippen MR) is 81.6 cm³/mol. The van der Waals surface area contributed by atoms with E-state index in [4.69, 9.17) is 0 Å². The normalized spacial score (nSPS) is 25.9. The fourth-order valence-corrected chi connectivity index (χ4v) is 3.77. The molecule has 2 atom stereocenters. The van der Waals surface area contributed by atoms with Gasteiger partial charge in [-0.3, -0.25) is 4.79 Å². The van der Waals surface area contributed by atoms with E-state index >= 15 is 0 Å². The minimum atomic E-state index is 0.269. The smallest absolute Gasteiger partial charge is 0.242 e. The van der Waals surface area contributed by atoms with Crippen molar-refractivity contribution in [3.63, 3.8) is 0 Å². The SMILES string of the molecule is O=C(CNc1ccccc1)N1CCC[C@H]2CCCC[C@H]21. The van der Waals surface area contributed by atoms with Crippen LogP contribution in [0.1, 0.15) is 38.5 Å². The van der Waals surface area contributed by atoms with E-state index in [1.54, 1.807) is 0 Å². The second-order valence-electron chi connectivity index (χ2n) is 6.06. The molecular formula is C17H24N2O. The van der Waals surface area contributed by atoms with E-state index in [1.807, 2.05) is 30.3 Å². The fraction of sp³-hybridized carbons (Fsp3) is 0.588. The molecule has 0 radical (unpaired) electrons. The Morgan fingerprint density at radius 2 is 1.85 bits per heavy atom. The highest BCUT2D eigenvalue weighted by atomic mass is 16.2. The molecule has 1 aliphatic carbocycles. The van der Waals surface area contributed by atoms with E-state index in [0.29, 0.717) is 12.6 Å². The molecule has 3 nitrogen and oxygen atoms in total. The minimum Gasteiger partial charge on any atom is -0.376 e. The standard InChI is InChI=1S/C17H24N2O/c20-17(13-18-15-9-2-1-3-10-15)19-12-6-8-14-7-4-5-11-16(14)19/h1-3,9-10,14,16,18H,4-8,11-13H2/t14-,16-/m1/s1. The average Bonchev–Trinajstić information content (AvgIpc) is 2.53. The summed E-state index contributed by atoms with van der Waals surface area (Å²) < 4.78 is 0. The number of rotatable bonds is 3. The zero-order valence-electron chi connectivity index (χ0n) is 12.1. The Kier molecular flexibility index (Phi) is 4.24. The fourth-order valence-electron chi connectivity index (χ4n) is 3.77. The monoisotopic (exact) mass is 272 g/mol. The minimum absolute atomic E-state index is 0.269. The van der Waals surface area contributed by atoms with Crippen LogP contribution in [0.4, 0.5) is 5.69 Å². The summed E-state index contributed by atoms with van der Waals surface area (Å²) in [7, 11) is 0. The maximum absolute atomic E-state index is 12.5. The van der Waals surface area contributed by atoms with Crippen molar-refractivity contribution in [1.82, 2.24) is 4.90 Å². The van der Waals surface area contributed by atoms with Crippen molar-refractivity contribution in [2.75, 3.05) is 18.4 Å². The highest BCUT2D eigenvalue weighted by Crippen LogP contribution is 2.35. The first-order valence-corrected chi connectivity index (χ1v) is 7.93. The maximum Gasteiger partial charge on any atom is 0.242 e. The maximum atomic E-state index is 12.5. The Hall–Kier alpha value is -1.51. The highest BCUT2D eigenvalue weighted by molar-refractivity contribution is 5.81. The lowest BCUT2D eigenvalue weighted by molar-refractivity contribution is -0.135. The van der Waals surface area contributed by atoms with Gasteiger partial charge in [0.05, 0.1) is 6.54 Å². The zero-order chi connectivity index (χ0) is 13.8. The van der Waals surface area contributed by atoms with Crippen molar-refractivity contribution in [2.24, 2.45) is 5.92 Å². The van der Waals surface area contributed by atoms with Crippen molar-refractivity contribution in [3.8, 4) is 0 Å². The molecule has 0 unspecified atom stereocenters. The highest BCUT2D eigenvalue weighted by Gasteiger charge is 2.35. The quantitative estimate of drug-likeness (QED) is 0.916. The van der Waals surface area contributed by atoms with Gasteiger partial charge in [0.2, 0.25) is 5.91 Å². The van der Waals surface area contributed by atoms with E-state index in [-0.39, 0.29) is 5.91 Å². The summed E-state index contributed by atoms with van der Waals surface area (Å²) in [6.07, 6.45) is 7.67. The summed E-state index contributed by atoms with van der Waals surface area (Å²) in [6, 6.07) is 10.5. The molecule has 1 amide bonds. The molecule has 0 aromatic heterocycles. The molecular weight excluding hydrogens is 248 g/mol. The third-order valence-corrected chi connectivity index (χ3v) is 4.78. The Bertz CT molecular complexity index is 444. The van der Waals surface area contributed by atoms with Gasteiger partial charge in [-0.2, -0.15) is 0 Å². The zero-order valence-corrected chi connectivity index (χ0v) is 12.1. The summed E-state index contributed by atoms with van der Waals surface area (Å²) in [6.45, 7) is 1.38. The van der Waals surface area contributed by atoms with Crippen LogP contribution in [0, 0.1) is 5.92 Å². The van der Waals surface area contributed by atoms with Gasteiger partial charge in [0.25, 0.3) is 0 Å². The Balaban J connectivity index is 1.58. The van der Waals surface area contributed by atoms with E-state index in [1.165, 1.54) is 38.5 Å². The number of hydrogen-bond donors (Lipinski definition) is 1. The lowest BCUT2D eigenvalue weighted by Gasteiger charge is -2.44. The average molecular weight is 272 g/mol. The first-order valence-electron chi connectivity index (χ1n) is 7.93. The number of carbonyl (C=O) groups excluding carboxylic acids is 1. The van der Waals surface area contributed by atoms with Crippen LogP contribution in [-0.2, 0) is 4.79 Å². The Morgan fingerprint density at radius 1 is 1.10 bits per heavy atom. The topological polar surface area (TPSA) is 32.3 Å². The summed E-state index contributed by atoms with van der Waals surface area (Å²) in [4.78, 5) is 14.6. The van der Waals surface area contributed by atoms with Gasteiger partial charge in [0.1, 0.15) is 0 Å². The van der Waals surface area contributed by atoms with Crippen LogP contribution in [0.5, 0.6) is 0 Å². The van der Waals surface area contributed by atoms with Crippen molar-refractivity contribution in [3.05, 3.63) is 30.3 Å². The van der Waals surface area contributed by atoms with Gasteiger partial charge in [-0.05, 0) is 43.7 Å². The van der Waals surface area contributed by atoms with Gasteiger partial charge >= 0.3 is 0 Å².